The average molecular weight is 366 g/mol. The summed E-state index contributed by atoms with van der Waals surface area (Å²) in [5.41, 5.74) is 13.4. The second-order valence-corrected chi connectivity index (χ2v) is 6.81. The van der Waals surface area contributed by atoms with Gasteiger partial charge in [-0.1, -0.05) is 12.8 Å². The molecule has 1 saturated carbocycles. The van der Waals surface area contributed by atoms with Crippen LogP contribution in [0.3, 0.4) is 0 Å². The Morgan fingerprint density at radius 1 is 1.22 bits per heavy atom. The third-order valence-electron chi connectivity index (χ3n) is 4.86. The predicted molar refractivity (Wildman–Crippen MR) is 104 cm³/mol. The Bertz CT molecular complexity index is 969. The fourth-order valence-corrected chi connectivity index (χ4v) is 3.41. The van der Waals surface area contributed by atoms with E-state index in [4.69, 9.17) is 11.5 Å². The largest absolute Gasteiger partial charge is 0.364 e. The molecule has 7 N–H and O–H groups in total. The fourth-order valence-electron chi connectivity index (χ4n) is 3.41. The number of fused-ring (bicyclic) bond motifs is 1. The summed E-state index contributed by atoms with van der Waals surface area (Å²) in [6, 6.07) is 5.89. The van der Waals surface area contributed by atoms with Crippen molar-refractivity contribution in [1.82, 2.24) is 20.2 Å². The topological polar surface area (TPSA) is 148 Å². The molecule has 2 unspecified atom stereocenters. The molecule has 2 aromatic heterocycles. The lowest BCUT2D eigenvalue weighted by molar-refractivity contribution is 0.0996. The van der Waals surface area contributed by atoms with E-state index in [0.29, 0.717) is 11.6 Å². The van der Waals surface area contributed by atoms with E-state index in [1.807, 2.05) is 18.2 Å². The molecule has 9 heteroatoms. The van der Waals surface area contributed by atoms with Gasteiger partial charge < -0.3 is 22.1 Å². The van der Waals surface area contributed by atoms with Gasteiger partial charge in [0.15, 0.2) is 11.5 Å². The first kappa shape index (κ1) is 17.2. The van der Waals surface area contributed by atoms with Gasteiger partial charge in [0.05, 0.1) is 17.9 Å². The highest BCUT2D eigenvalue weighted by atomic mass is 16.1. The molecule has 1 fully saturated rings. The minimum Gasteiger partial charge on any atom is -0.364 e. The molecule has 0 radical (unpaired) electrons. The van der Waals surface area contributed by atoms with Gasteiger partial charge in [0, 0.05) is 23.2 Å². The summed E-state index contributed by atoms with van der Waals surface area (Å²) >= 11 is 0. The third kappa shape index (κ3) is 3.68. The first-order chi connectivity index (χ1) is 13.1. The van der Waals surface area contributed by atoms with Gasteiger partial charge in [-0.05, 0) is 31.0 Å². The zero-order valence-corrected chi connectivity index (χ0v) is 14.8. The highest BCUT2D eigenvalue weighted by Gasteiger charge is 2.22. The Hall–Kier alpha value is -3.20. The number of anilines is 3. The van der Waals surface area contributed by atoms with E-state index < -0.39 is 5.91 Å². The van der Waals surface area contributed by atoms with Crippen molar-refractivity contribution in [3.63, 3.8) is 0 Å². The van der Waals surface area contributed by atoms with Gasteiger partial charge in [-0.3, -0.25) is 9.89 Å². The number of aromatic nitrogens is 4. The van der Waals surface area contributed by atoms with Crippen LogP contribution in [0, 0.1) is 0 Å². The number of amides is 1. The lowest BCUT2D eigenvalue weighted by Crippen LogP contribution is -2.42. The highest BCUT2D eigenvalue weighted by Crippen LogP contribution is 2.24. The van der Waals surface area contributed by atoms with E-state index >= 15 is 0 Å². The number of aromatic amines is 1. The summed E-state index contributed by atoms with van der Waals surface area (Å²) in [5, 5.41) is 14.3. The van der Waals surface area contributed by atoms with E-state index in [2.05, 4.69) is 30.8 Å². The minimum atomic E-state index is -0.643. The Morgan fingerprint density at radius 2 is 2.07 bits per heavy atom. The van der Waals surface area contributed by atoms with Crippen LogP contribution in [0.15, 0.2) is 30.6 Å². The maximum Gasteiger partial charge on any atom is 0.271 e. The number of rotatable bonds is 5. The molecule has 1 aromatic carbocycles. The molecule has 1 aliphatic carbocycles. The normalized spacial score (nSPS) is 19.7. The maximum absolute atomic E-state index is 11.8. The number of nitrogens with one attached hydrogen (secondary N) is 3. The summed E-state index contributed by atoms with van der Waals surface area (Å²) < 4.78 is 0. The van der Waals surface area contributed by atoms with Gasteiger partial charge in [0.2, 0.25) is 0 Å². The lowest BCUT2D eigenvalue weighted by Gasteiger charge is -2.29. The van der Waals surface area contributed by atoms with Crippen molar-refractivity contribution in [1.29, 1.82) is 0 Å². The quantitative estimate of drug-likeness (QED) is 0.463. The van der Waals surface area contributed by atoms with E-state index in [1.54, 1.807) is 6.20 Å². The SMILES string of the molecule is NC(=O)c1ncc(NC2CCCCC2N)nc1Nc1ccc2[nH]ncc2c1. The van der Waals surface area contributed by atoms with E-state index in [0.717, 1.165) is 42.3 Å². The Morgan fingerprint density at radius 3 is 2.89 bits per heavy atom. The van der Waals surface area contributed by atoms with E-state index in [1.165, 1.54) is 6.20 Å². The van der Waals surface area contributed by atoms with E-state index in [9.17, 15) is 4.79 Å². The van der Waals surface area contributed by atoms with Crippen molar-refractivity contribution in [3.8, 4) is 0 Å². The zero-order chi connectivity index (χ0) is 18.8. The van der Waals surface area contributed by atoms with Crippen molar-refractivity contribution in [3.05, 3.63) is 36.3 Å². The molecule has 2 atom stereocenters. The summed E-state index contributed by atoms with van der Waals surface area (Å²) in [6.45, 7) is 0. The van der Waals surface area contributed by atoms with Crippen molar-refractivity contribution >= 4 is 34.1 Å². The van der Waals surface area contributed by atoms with Gasteiger partial charge >= 0.3 is 0 Å². The number of hydrogen-bond acceptors (Lipinski definition) is 7. The molecule has 9 nitrogen and oxygen atoms in total. The number of carbonyl (C=O) groups excluding carboxylic acids is 1. The zero-order valence-electron chi connectivity index (χ0n) is 14.8. The van der Waals surface area contributed by atoms with Crippen LogP contribution in [0.1, 0.15) is 36.2 Å². The summed E-state index contributed by atoms with van der Waals surface area (Å²) in [6.07, 6.45) is 7.50. The van der Waals surface area contributed by atoms with Crippen LogP contribution in [-0.4, -0.2) is 38.2 Å². The number of nitrogens with zero attached hydrogens (tertiary/aromatic N) is 3. The third-order valence-corrected chi connectivity index (χ3v) is 4.86. The van der Waals surface area contributed by atoms with Crippen LogP contribution < -0.4 is 22.1 Å². The summed E-state index contributed by atoms with van der Waals surface area (Å²) in [4.78, 5) is 20.5. The van der Waals surface area contributed by atoms with Crippen LogP contribution in [0.2, 0.25) is 0 Å². The maximum atomic E-state index is 11.8. The molecule has 3 aromatic rings. The molecule has 0 bridgehead atoms. The monoisotopic (exact) mass is 366 g/mol. The van der Waals surface area contributed by atoms with Gasteiger partial charge in [0.1, 0.15) is 5.82 Å². The first-order valence-corrected chi connectivity index (χ1v) is 8.99. The molecule has 140 valence electrons. The van der Waals surface area contributed by atoms with Gasteiger partial charge in [-0.2, -0.15) is 5.10 Å². The smallest absolute Gasteiger partial charge is 0.271 e. The molecule has 2 heterocycles. The number of carbonyl (C=O) groups is 1. The predicted octanol–water partition coefficient (Wildman–Crippen LogP) is 1.88. The molecule has 27 heavy (non-hydrogen) atoms. The number of primary amides is 1. The van der Waals surface area contributed by atoms with Crippen molar-refractivity contribution < 1.29 is 4.79 Å². The minimum absolute atomic E-state index is 0.0799. The standard InChI is InChI=1S/C18H22N8O/c19-12-3-1-2-4-14(12)24-15-9-21-16(17(20)27)18(25-15)23-11-5-6-13-10(7-11)8-22-26-13/h5-9,12,14H,1-4,19H2,(H2,20,27)(H,22,26)(H2,23,24,25). The Kier molecular flexibility index (Phi) is 4.59. The first-order valence-electron chi connectivity index (χ1n) is 8.99. The molecule has 0 aliphatic heterocycles. The van der Waals surface area contributed by atoms with E-state index in [-0.39, 0.29) is 17.8 Å². The Balaban J connectivity index is 1.61. The number of hydrogen-bond donors (Lipinski definition) is 5. The molecule has 4 rings (SSSR count). The number of benzene rings is 1. The molecule has 0 spiro atoms. The molecule has 1 aliphatic rings. The van der Waals surface area contributed by atoms with Gasteiger partial charge in [0.25, 0.3) is 5.91 Å². The Labute approximate surface area is 155 Å². The second-order valence-electron chi connectivity index (χ2n) is 6.81. The molecular weight excluding hydrogens is 344 g/mol. The van der Waals surface area contributed by atoms with Crippen LogP contribution in [0.5, 0.6) is 0 Å². The van der Waals surface area contributed by atoms with Crippen LogP contribution in [0.25, 0.3) is 10.9 Å². The molecule has 0 saturated heterocycles. The second kappa shape index (κ2) is 7.20. The van der Waals surface area contributed by atoms with Crippen molar-refractivity contribution in [2.75, 3.05) is 10.6 Å². The average Bonchev–Trinajstić information content (AvgIpc) is 3.11. The fraction of sp³-hybridized carbons (Fsp3) is 0.333. The summed E-state index contributed by atoms with van der Waals surface area (Å²) in [5.74, 6) is 0.226. The van der Waals surface area contributed by atoms with Crippen molar-refractivity contribution in [2.45, 2.75) is 37.8 Å². The number of H-pyrrole nitrogens is 1. The molecule has 1 amide bonds. The van der Waals surface area contributed by atoms with Crippen LogP contribution in [-0.2, 0) is 0 Å². The highest BCUT2D eigenvalue weighted by molar-refractivity contribution is 5.96. The van der Waals surface area contributed by atoms with Crippen molar-refractivity contribution in [2.24, 2.45) is 11.5 Å². The van der Waals surface area contributed by atoms with Crippen LogP contribution in [0.4, 0.5) is 17.3 Å². The summed E-state index contributed by atoms with van der Waals surface area (Å²) in [7, 11) is 0. The molecular formula is C18H22N8O. The van der Waals surface area contributed by atoms with Crippen LogP contribution >= 0.6 is 0 Å². The lowest BCUT2D eigenvalue weighted by atomic mass is 9.91. The number of nitrogens with two attached hydrogens (primary N) is 2. The van der Waals surface area contributed by atoms with Gasteiger partial charge in [-0.15, -0.1) is 0 Å². The van der Waals surface area contributed by atoms with Gasteiger partial charge in [-0.25, -0.2) is 9.97 Å².